The average molecular weight is 452 g/mol. The van der Waals surface area contributed by atoms with Gasteiger partial charge in [0, 0.05) is 11.6 Å². The summed E-state index contributed by atoms with van der Waals surface area (Å²) in [6.07, 6.45) is 4.28. The maximum Gasteiger partial charge on any atom is 0.408 e. The van der Waals surface area contributed by atoms with Gasteiger partial charge in [-0.2, -0.15) is 0 Å². The normalized spacial score (nSPS) is 21.3. The molecule has 2 amide bonds. The van der Waals surface area contributed by atoms with E-state index in [0.29, 0.717) is 0 Å². The SMILES string of the molecule is Cc1cccc(CC2(N(C)C)CCC(NC(=O)C(C)NC(=O)OCc3ccccc3)CC2)c1. The Labute approximate surface area is 197 Å². The largest absolute Gasteiger partial charge is 0.445 e. The van der Waals surface area contributed by atoms with Gasteiger partial charge in [-0.3, -0.25) is 4.79 Å². The molecule has 1 aliphatic rings. The van der Waals surface area contributed by atoms with Crippen molar-refractivity contribution in [3.63, 3.8) is 0 Å². The molecule has 6 nitrogen and oxygen atoms in total. The van der Waals surface area contributed by atoms with Crippen molar-refractivity contribution < 1.29 is 14.3 Å². The summed E-state index contributed by atoms with van der Waals surface area (Å²) in [6, 6.07) is 17.7. The van der Waals surface area contributed by atoms with E-state index < -0.39 is 12.1 Å². The minimum atomic E-state index is -0.652. The van der Waals surface area contributed by atoms with E-state index in [1.54, 1.807) is 6.92 Å². The summed E-state index contributed by atoms with van der Waals surface area (Å²) in [4.78, 5) is 27.1. The molecule has 0 spiro atoms. The van der Waals surface area contributed by atoms with Crippen molar-refractivity contribution in [3.8, 4) is 0 Å². The van der Waals surface area contributed by atoms with E-state index in [9.17, 15) is 9.59 Å². The first-order valence-electron chi connectivity index (χ1n) is 11.8. The topological polar surface area (TPSA) is 70.7 Å². The monoisotopic (exact) mass is 451 g/mol. The predicted octanol–water partition coefficient (Wildman–Crippen LogP) is 4.21. The zero-order valence-electron chi connectivity index (χ0n) is 20.3. The number of carbonyl (C=O) groups excluding carboxylic acids is 2. The van der Waals surface area contributed by atoms with Crippen LogP contribution in [-0.2, 0) is 22.6 Å². The van der Waals surface area contributed by atoms with Crippen molar-refractivity contribution in [2.24, 2.45) is 0 Å². The molecule has 2 aromatic rings. The fraction of sp³-hybridized carbons (Fsp3) is 0.481. The van der Waals surface area contributed by atoms with Crippen LogP contribution in [0.25, 0.3) is 0 Å². The van der Waals surface area contributed by atoms with Crippen molar-refractivity contribution >= 4 is 12.0 Å². The predicted molar refractivity (Wildman–Crippen MR) is 131 cm³/mol. The number of ether oxygens (including phenoxy) is 1. The van der Waals surface area contributed by atoms with Crippen LogP contribution in [-0.4, -0.2) is 48.6 Å². The molecule has 1 fully saturated rings. The van der Waals surface area contributed by atoms with Gasteiger partial charge >= 0.3 is 6.09 Å². The number of carbonyl (C=O) groups is 2. The molecular formula is C27H37N3O3. The summed E-state index contributed by atoms with van der Waals surface area (Å²) in [7, 11) is 4.31. The van der Waals surface area contributed by atoms with Crippen LogP contribution >= 0.6 is 0 Å². The van der Waals surface area contributed by atoms with Crippen LogP contribution < -0.4 is 10.6 Å². The van der Waals surface area contributed by atoms with E-state index in [1.165, 1.54) is 11.1 Å². The Morgan fingerprint density at radius 3 is 2.36 bits per heavy atom. The molecule has 6 heteroatoms. The first-order valence-corrected chi connectivity index (χ1v) is 11.8. The Bertz CT molecular complexity index is 921. The van der Waals surface area contributed by atoms with Gasteiger partial charge in [0.25, 0.3) is 0 Å². The number of aryl methyl sites for hydroxylation is 1. The summed E-state index contributed by atoms with van der Waals surface area (Å²) in [6.45, 7) is 3.99. The third kappa shape index (κ3) is 7.06. The molecule has 1 saturated carbocycles. The van der Waals surface area contributed by atoms with Gasteiger partial charge in [0.15, 0.2) is 0 Å². The summed E-state index contributed by atoms with van der Waals surface area (Å²) in [5, 5.41) is 5.75. The summed E-state index contributed by atoms with van der Waals surface area (Å²) >= 11 is 0. The third-order valence-electron chi connectivity index (χ3n) is 6.77. The van der Waals surface area contributed by atoms with E-state index in [2.05, 4.69) is 60.8 Å². The molecule has 3 rings (SSSR count). The summed E-state index contributed by atoms with van der Waals surface area (Å²) in [5.74, 6) is -0.173. The number of rotatable bonds is 8. The molecule has 1 aliphatic carbocycles. The van der Waals surface area contributed by atoms with E-state index in [0.717, 1.165) is 37.7 Å². The maximum atomic E-state index is 12.7. The highest BCUT2D eigenvalue weighted by molar-refractivity contribution is 5.85. The molecule has 1 atom stereocenters. The van der Waals surface area contributed by atoms with Crippen molar-refractivity contribution in [1.82, 2.24) is 15.5 Å². The molecule has 0 aromatic heterocycles. The second-order valence-corrected chi connectivity index (χ2v) is 9.50. The highest BCUT2D eigenvalue weighted by Gasteiger charge is 2.38. The standard InChI is InChI=1S/C27H37N3O3/c1-20-9-8-12-23(17-20)18-27(30(3)4)15-13-24(14-16-27)29-25(31)21(2)28-26(32)33-19-22-10-6-5-7-11-22/h5-12,17,21,24H,13-16,18-19H2,1-4H3,(H,28,32)(H,29,31). The smallest absolute Gasteiger partial charge is 0.408 e. The van der Waals surface area contributed by atoms with Crippen LogP contribution in [0.4, 0.5) is 4.79 Å². The van der Waals surface area contributed by atoms with Crippen LogP contribution in [0.3, 0.4) is 0 Å². The Morgan fingerprint density at radius 2 is 1.73 bits per heavy atom. The van der Waals surface area contributed by atoms with E-state index in [1.807, 2.05) is 30.3 Å². The van der Waals surface area contributed by atoms with E-state index >= 15 is 0 Å². The second-order valence-electron chi connectivity index (χ2n) is 9.50. The lowest BCUT2D eigenvalue weighted by molar-refractivity contribution is -0.123. The van der Waals surface area contributed by atoms with Crippen molar-refractivity contribution in [1.29, 1.82) is 0 Å². The van der Waals surface area contributed by atoms with Crippen molar-refractivity contribution in [2.45, 2.75) is 70.2 Å². The summed E-state index contributed by atoms with van der Waals surface area (Å²) < 4.78 is 5.22. The van der Waals surface area contributed by atoms with Crippen LogP contribution in [0.15, 0.2) is 54.6 Å². The number of nitrogens with one attached hydrogen (secondary N) is 2. The Hall–Kier alpha value is -2.86. The number of alkyl carbamates (subject to hydrolysis) is 1. The van der Waals surface area contributed by atoms with Gasteiger partial charge in [-0.15, -0.1) is 0 Å². The molecule has 0 heterocycles. The molecule has 0 radical (unpaired) electrons. The maximum absolute atomic E-state index is 12.7. The van der Waals surface area contributed by atoms with Crippen LogP contribution in [0.2, 0.25) is 0 Å². The van der Waals surface area contributed by atoms with Crippen molar-refractivity contribution in [3.05, 3.63) is 71.3 Å². The van der Waals surface area contributed by atoms with Gasteiger partial charge in [-0.05, 0) is 71.2 Å². The highest BCUT2D eigenvalue weighted by atomic mass is 16.5. The lowest BCUT2D eigenvalue weighted by Gasteiger charge is -2.45. The zero-order chi connectivity index (χ0) is 23.8. The Balaban J connectivity index is 1.46. The fourth-order valence-corrected chi connectivity index (χ4v) is 4.62. The first kappa shape index (κ1) is 24.8. The minimum absolute atomic E-state index is 0.0974. The van der Waals surface area contributed by atoms with E-state index in [-0.39, 0.29) is 24.1 Å². The zero-order valence-corrected chi connectivity index (χ0v) is 20.3. The number of amides is 2. The molecule has 2 aromatic carbocycles. The lowest BCUT2D eigenvalue weighted by Crippen LogP contribution is -2.54. The number of hydrogen-bond acceptors (Lipinski definition) is 4. The van der Waals surface area contributed by atoms with Gasteiger partial charge in [0.05, 0.1) is 0 Å². The van der Waals surface area contributed by atoms with Crippen molar-refractivity contribution in [2.75, 3.05) is 14.1 Å². The van der Waals surface area contributed by atoms with Crippen LogP contribution in [0.5, 0.6) is 0 Å². The molecular weight excluding hydrogens is 414 g/mol. The molecule has 178 valence electrons. The molecule has 33 heavy (non-hydrogen) atoms. The van der Waals surface area contributed by atoms with Crippen LogP contribution in [0.1, 0.15) is 49.3 Å². The molecule has 0 bridgehead atoms. The van der Waals surface area contributed by atoms with Gasteiger partial charge < -0.3 is 20.3 Å². The molecule has 1 unspecified atom stereocenters. The van der Waals surface area contributed by atoms with Crippen LogP contribution in [0, 0.1) is 6.92 Å². The van der Waals surface area contributed by atoms with Gasteiger partial charge in [-0.25, -0.2) is 4.79 Å². The number of benzene rings is 2. The Kier molecular flexibility index (Phi) is 8.50. The molecule has 0 saturated heterocycles. The third-order valence-corrected chi connectivity index (χ3v) is 6.77. The highest BCUT2D eigenvalue weighted by Crippen LogP contribution is 2.35. The van der Waals surface area contributed by atoms with Gasteiger partial charge in [0.1, 0.15) is 12.6 Å². The second kappa shape index (κ2) is 11.3. The fourth-order valence-electron chi connectivity index (χ4n) is 4.62. The van der Waals surface area contributed by atoms with E-state index in [4.69, 9.17) is 4.74 Å². The lowest BCUT2D eigenvalue weighted by atomic mass is 9.74. The molecule has 0 aliphatic heterocycles. The summed E-state index contributed by atoms with van der Waals surface area (Å²) in [5.41, 5.74) is 3.64. The average Bonchev–Trinajstić information content (AvgIpc) is 2.79. The number of nitrogens with zero attached hydrogens (tertiary/aromatic N) is 1. The quantitative estimate of drug-likeness (QED) is 0.631. The Morgan fingerprint density at radius 1 is 1.06 bits per heavy atom. The van der Waals surface area contributed by atoms with Gasteiger partial charge in [0.2, 0.25) is 5.91 Å². The number of likely N-dealkylation sites (N-methyl/N-ethyl adjacent to an activating group) is 1. The number of hydrogen-bond donors (Lipinski definition) is 2. The first-order chi connectivity index (χ1) is 15.8. The minimum Gasteiger partial charge on any atom is -0.445 e. The van der Waals surface area contributed by atoms with Gasteiger partial charge in [-0.1, -0.05) is 60.2 Å². The molecule has 2 N–H and O–H groups in total.